The van der Waals surface area contributed by atoms with Crippen molar-refractivity contribution in [3.8, 4) is 5.88 Å². The predicted molar refractivity (Wildman–Crippen MR) is 77.5 cm³/mol. The first kappa shape index (κ1) is 14.3. The average molecular weight is 273 g/mol. The van der Waals surface area contributed by atoms with Crippen LogP contribution in [0, 0.1) is 0 Å². The Bertz CT molecular complexity index is 558. The van der Waals surface area contributed by atoms with Crippen molar-refractivity contribution in [2.24, 2.45) is 0 Å². The summed E-state index contributed by atoms with van der Waals surface area (Å²) in [6.07, 6.45) is 3.26. The number of ether oxygens (including phenoxy) is 1. The zero-order valence-electron chi connectivity index (χ0n) is 11.7. The summed E-state index contributed by atoms with van der Waals surface area (Å²) < 4.78 is 5.60. The van der Waals surface area contributed by atoms with Gasteiger partial charge in [-0.25, -0.2) is 9.97 Å². The smallest absolute Gasteiger partial charge is 0.257 e. The fourth-order valence-electron chi connectivity index (χ4n) is 1.82. The van der Waals surface area contributed by atoms with Crippen LogP contribution in [0.3, 0.4) is 0 Å². The normalized spacial score (nSPS) is 10.6. The number of aliphatic hydroxyl groups is 1. The Hall–Kier alpha value is -2.14. The molecular weight excluding hydrogens is 254 g/mol. The first-order valence-corrected chi connectivity index (χ1v) is 6.60. The van der Waals surface area contributed by atoms with Crippen molar-refractivity contribution in [2.45, 2.75) is 33.1 Å². The molecule has 0 saturated carbocycles. The molecule has 5 heteroatoms. The van der Waals surface area contributed by atoms with Gasteiger partial charge in [0.05, 0.1) is 12.7 Å². The minimum Gasteiger partial charge on any atom is -0.472 e. The number of hydrogen-bond donors (Lipinski definition) is 2. The van der Waals surface area contributed by atoms with Gasteiger partial charge in [-0.1, -0.05) is 24.3 Å². The molecule has 1 aromatic heterocycles. The second-order valence-electron chi connectivity index (χ2n) is 4.66. The highest BCUT2D eigenvalue weighted by molar-refractivity contribution is 5.45. The zero-order chi connectivity index (χ0) is 14.4. The molecule has 1 heterocycles. The van der Waals surface area contributed by atoms with Crippen molar-refractivity contribution in [3.05, 3.63) is 47.8 Å². The molecule has 0 aliphatic carbocycles. The minimum absolute atomic E-state index is 0.0215. The van der Waals surface area contributed by atoms with Gasteiger partial charge in [0, 0.05) is 18.9 Å². The van der Waals surface area contributed by atoms with Crippen molar-refractivity contribution in [2.75, 3.05) is 5.32 Å². The summed E-state index contributed by atoms with van der Waals surface area (Å²) in [6.45, 7) is 4.47. The number of aromatic nitrogens is 2. The molecule has 0 unspecified atom stereocenters. The molecule has 0 bridgehead atoms. The van der Waals surface area contributed by atoms with Gasteiger partial charge in [-0.15, -0.1) is 0 Å². The summed E-state index contributed by atoms with van der Waals surface area (Å²) in [5.74, 6) is 1.10. The summed E-state index contributed by atoms with van der Waals surface area (Å²) in [5.41, 5.74) is 1.92. The van der Waals surface area contributed by atoms with Crippen LogP contribution in [0.15, 0.2) is 36.7 Å². The van der Waals surface area contributed by atoms with E-state index in [0.29, 0.717) is 18.2 Å². The highest BCUT2D eigenvalue weighted by atomic mass is 16.5. The molecule has 0 saturated heterocycles. The highest BCUT2D eigenvalue weighted by Gasteiger charge is 2.08. The van der Waals surface area contributed by atoms with E-state index in [2.05, 4.69) is 15.3 Å². The van der Waals surface area contributed by atoms with Gasteiger partial charge in [0.15, 0.2) is 5.82 Å². The van der Waals surface area contributed by atoms with Crippen molar-refractivity contribution < 1.29 is 9.84 Å². The fourth-order valence-corrected chi connectivity index (χ4v) is 1.82. The maximum atomic E-state index is 9.31. The van der Waals surface area contributed by atoms with E-state index in [4.69, 9.17) is 4.74 Å². The number of nitrogens with zero attached hydrogens (tertiary/aromatic N) is 2. The Labute approximate surface area is 118 Å². The molecule has 20 heavy (non-hydrogen) atoms. The first-order chi connectivity index (χ1) is 9.70. The molecule has 2 rings (SSSR count). The minimum atomic E-state index is 0.0215. The lowest BCUT2D eigenvalue weighted by atomic mass is 10.1. The second kappa shape index (κ2) is 6.86. The van der Waals surface area contributed by atoms with Crippen LogP contribution in [0.25, 0.3) is 0 Å². The number of nitrogens with one attached hydrogen (secondary N) is 1. The van der Waals surface area contributed by atoms with Crippen LogP contribution in [0.4, 0.5) is 5.82 Å². The SMILES string of the molecule is CC(C)Oc1nccnc1NCc1ccccc1CO. The number of benzene rings is 1. The Kier molecular flexibility index (Phi) is 4.90. The maximum absolute atomic E-state index is 9.31. The maximum Gasteiger partial charge on any atom is 0.257 e. The topological polar surface area (TPSA) is 67.3 Å². The van der Waals surface area contributed by atoms with Gasteiger partial charge < -0.3 is 15.2 Å². The van der Waals surface area contributed by atoms with Gasteiger partial charge in [-0.05, 0) is 25.0 Å². The molecule has 0 spiro atoms. The molecule has 0 amide bonds. The summed E-state index contributed by atoms with van der Waals surface area (Å²) in [6, 6.07) is 7.72. The quantitative estimate of drug-likeness (QED) is 0.845. The summed E-state index contributed by atoms with van der Waals surface area (Å²) in [5, 5.41) is 12.5. The fraction of sp³-hybridized carbons (Fsp3) is 0.333. The summed E-state index contributed by atoms with van der Waals surface area (Å²) in [4.78, 5) is 8.42. The average Bonchev–Trinajstić information content (AvgIpc) is 2.46. The summed E-state index contributed by atoms with van der Waals surface area (Å²) in [7, 11) is 0. The van der Waals surface area contributed by atoms with Crippen LogP contribution < -0.4 is 10.1 Å². The lowest BCUT2D eigenvalue weighted by Crippen LogP contribution is -2.11. The van der Waals surface area contributed by atoms with Gasteiger partial charge >= 0.3 is 0 Å². The molecule has 2 aromatic rings. The third kappa shape index (κ3) is 3.68. The molecule has 0 atom stereocenters. The Morgan fingerprint density at radius 1 is 1.15 bits per heavy atom. The van der Waals surface area contributed by atoms with Crippen molar-refractivity contribution >= 4 is 5.82 Å². The molecule has 2 N–H and O–H groups in total. The monoisotopic (exact) mass is 273 g/mol. The first-order valence-electron chi connectivity index (χ1n) is 6.60. The van der Waals surface area contributed by atoms with Crippen LogP contribution in [-0.4, -0.2) is 21.2 Å². The third-order valence-corrected chi connectivity index (χ3v) is 2.75. The molecule has 0 aliphatic heterocycles. The summed E-state index contributed by atoms with van der Waals surface area (Å²) >= 11 is 0. The van der Waals surface area contributed by atoms with E-state index in [0.717, 1.165) is 11.1 Å². The number of anilines is 1. The predicted octanol–water partition coefficient (Wildman–Crippen LogP) is 2.37. The molecule has 5 nitrogen and oxygen atoms in total. The highest BCUT2D eigenvalue weighted by Crippen LogP contribution is 2.20. The van der Waals surface area contributed by atoms with Gasteiger partial charge in [0.2, 0.25) is 0 Å². The zero-order valence-corrected chi connectivity index (χ0v) is 11.7. The molecule has 0 fully saturated rings. The van der Waals surface area contributed by atoms with Gasteiger partial charge in [-0.2, -0.15) is 0 Å². The van der Waals surface area contributed by atoms with Crippen LogP contribution in [-0.2, 0) is 13.2 Å². The van der Waals surface area contributed by atoms with Crippen LogP contribution in [0.1, 0.15) is 25.0 Å². The van der Waals surface area contributed by atoms with E-state index < -0.39 is 0 Å². The van der Waals surface area contributed by atoms with Gasteiger partial charge in [-0.3, -0.25) is 0 Å². The van der Waals surface area contributed by atoms with E-state index in [9.17, 15) is 5.11 Å². The van der Waals surface area contributed by atoms with E-state index in [1.54, 1.807) is 12.4 Å². The van der Waals surface area contributed by atoms with E-state index in [1.165, 1.54) is 0 Å². The van der Waals surface area contributed by atoms with Crippen molar-refractivity contribution in [1.82, 2.24) is 9.97 Å². The Balaban J connectivity index is 2.11. The van der Waals surface area contributed by atoms with Crippen LogP contribution in [0.2, 0.25) is 0 Å². The largest absolute Gasteiger partial charge is 0.472 e. The standard InChI is InChI=1S/C15H19N3O2/c1-11(2)20-15-14(16-7-8-17-15)18-9-12-5-3-4-6-13(12)10-19/h3-8,11,19H,9-10H2,1-2H3,(H,16,18). The molecule has 0 radical (unpaired) electrons. The van der Waals surface area contributed by atoms with Crippen molar-refractivity contribution in [1.29, 1.82) is 0 Å². The van der Waals surface area contributed by atoms with E-state index >= 15 is 0 Å². The van der Waals surface area contributed by atoms with E-state index in [1.807, 2.05) is 38.1 Å². The number of rotatable bonds is 6. The van der Waals surface area contributed by atoms with Crippen LogP contribution >= 0.6 is 0 Å². The third-order valence-electron chi connectivity index (χ3n) is 2.75. The Morgan fingerprint density at radius 2 is 1.85 bits per heavy atom. The molecule has 1 aromatic carbocycles. The molecular formula is C15H19N3O2. The van der Waals surface area contributed by atoms with Crippen molar-refractivity contribution in [3.63, 3.8) is 0 Å². The molecule has 106 valence electrons. The lowest BCUT2D eigenvalue weighted by molar-refractivity contribution is 0.233. The van der Waals surface area contributed by atoms with E-state index in [-0.39, 0.29) is 12.7 Å². The number of aliphatic hydroxyl groups excluding tert-OH is 1. The lowest BCUT2D eigenvalue weighted by Gasteiger charge is -2.14. The van der Waals surface area contributed by atoms with Crippen LogP contribution in [0.5, 0.6) is 5.88 Å². The Morgan fingerprint density at radius 3 is 2.55 bits per heavy atom. The number of hydrogen-bond acceptors (Lipinski definition) is 5. The molecule has 0 aliphatic rings. The second-order valence-corrected chi connectivity index (χ2v) is 4.66. The van der Waals surface area contributed by atoms with Gasteiger partial charge in [0.25, 0.3) is 5.88 Å². The van der Waals surface area contributed by atoms with Gasteiger partial charge in [0.1, 0.15) is 0 Å².